The molecule has 0 saturated carbocycles. The molecule has 4 nitrogen and oxygen atoms in total. The monoisotopic (exact) mass is 260 g/mol. The lowest BCUT2D eigenvalue weighted by Gasteiger charge is -2.05. The van der Waals surface area contributed by atoms with Gasteiger partial charge in [-0.25, -0.2) is 4.79 Å². The molecule has 3 N–H and O–H groups in total. The highest BCUT2D eigenvalue weighted by molar-refractivity contribution is 6.04. The minimum absolute atomic E-state index is 0.294. The van der Waals surface area contributed by atoms with Crippen LogP contribution in [-0.2, 0) is 6.54 Å². The molecule has 4 heteroatoms. The van der Waals surface area contributed by atoms with Crippen LogP contribution in [0.25, 0.3) is 10.9 Å². The number of carbonyl (C=O) groups is 1. The number of carboxylic acids is 1. The Balaban J connectivity index is 2.67. The van der Waals surface area contributed by atoms with E-state index in [0.29, 0.717) is 18.0 Å². The molecule has 1 heterocycles. The molecule has 0 spiro atoms. The zero-order chi connectivity index (χ0) is 14.0. The fourth-order valence-corrected chi connectivity index (χ4v) is 2.45. The molecular weight excluding hydrogens is 240 g/mol. The first kappa shape index (κ1) is 13.6. The van der Waals surface area contributed by atoms with Gasteiger partial charge in [-0.2, -0.15) is 0 Å². The molecule has 0 unspecified atom stereocenters. The number of benzene rings is 1. The molecule has 0 aliphatic heterocycles. The Kier molecular flexibility index (Phi) is 3.90. The van der Waals surface area contributed by atoms with Crippen LogP contribution in [0.15, 0.2) is 24.4 Å². The van der Waals surface area contributed by atoms with E-state index in [4.69, 9.17) is 5.73 Å². The zero-order valence-corrected chi connectivity index (χ0v) is 11.4. The van der Waals surface area contributed by atoms with Crippen molar-refractivity contribution in [2.45, 2.75) is 32.7 Å². The lowest BCUT2D eigenvalue weighted by atomic mass is 9.99. The number of aromatic nitrogens is 1. The van der Waals surface area contributed by atoms with Crippen LogP contribution in [0.5, 0.6) is 0 Å². The highest BCUT2D eigenvalue weighted by Crippen LogP contribution is 2.30. The summed E-state index contributed by atoms with van der Waals surface area (Å²) in [5.41, 5.74) is 8.01. The van der Waals surface area contributed by atoms with Crippen LogP contribution < -0.4 is 5.73 Å². The molecule has 0 aliphatic rings. The van der Waals surface area contributed by atoms with Gasteiger partial charge in [0.05, 0.1) is 5.56 Å². The second-order valence-electron chi connectivity index (χ2n) is 5.08. The Morgan fingerprint density at radius 1 is 1.42 bits per heavy atom. The van der Waals surface area contributed by atoms with E-state index in [-0.39, 0.29) is 0 Å². The Labute approximate surface area is 112 Å². The van der Waals surface area contributed by atoms with E-state index in [0.717, 1.165) is 29.4 Å². The molecule has 0 fully saturated rings. The van der Waals surface area contributed by atoms with Gasteiger partial charge in [0.25, 0.3) is 0 Å². The van der Waals surface area contributed by atoms with E-state index in [1.807, 2.05) is 6.07 Å². The maximum Gasteiger partial charge on any atom is 0.336 e. The van der Waals surface area contributed by atoms with E-state index >= 15 is 0 Å². The van der Waals surface area contributed by atoms with Gasteiger partial charge in [-0.15, -0.1) is 0 Å². The van der Waals surface area contributed by atoms with Gasteiger partial charge in [-0.05, 0) is 36.6 Å². The number of rotatable bonds is 5. The summed E-state index contributed by atoms with van der Waals surface area (Å²) in [5.74, 6) is -0.578. The molecule has 2 aromatic rings. The first-order valence-electron chi connectivity index (χ1n) is 6.61. The third-order valence-electron chi connectivity index (χ3n) is 3.39. The molecule has 0 radical (unpaired) electrons. The second kappa shape index (κ2) is 5.45. The smallest absolute Gasteiger partial charge is 0.336 e. The molecule has 0 saturated heterocycles. The second-order valence-corrected chi connectivity index (χ2v) is 5.08. The van der Waals surface area contributed by atoms with Crippen molar-refractivity contribution in [3.8, 4) is 0 Å². The molecule has 0 amide bonds. The quantitative estimate of drug-likeness (QED) is 0.868. The zero-order valence-electron chi connectivity index (χ0n) is 11.4. The first-order chi connectivity index (χ1) is 9.06. The predicted octanol–water partition coefficient (Wildman–Crippen LogP) is 2.81. The van der Waals surface area contributed by atoms with Crippen molar-refractivity contribution in [1.82, 2.24) is 4.57 Å². The van der Waals surface area contributed by atoms with Crippen LogP contribution in [0.2, 0.25) is 0 Å². The van der Waals surface area contributed by atoms with E-state index in [1.54, 1.807) is 12.1 Å². The molecule has 19 heavy (non-hydrogen) atoms. The van der Waals surface area contributed by atoms with Crippen molar-refractivity contribution < 1.29 is 9.90 Å². The average Bonchev–Trinajstić information content (AvgIpc) is 2.75. The first-order valence-corrected chi connectivity index (χ1v) is 6.61. The summed E-state index contributed by atoms with van der Waals surface area (Å²) in [6.07, 6.45) is 2.95. The van der Waals surface area contributed by atoms with Crippen molar-refractivity contribution in [3.05, 3.63) is 35.5 Å². The molecule has 2 rings (SSSR count). The Morgan fingerprint density at radius 2 is 2.16 bits per heavy atom. The maximum atomic E-state index is 11.4. The van der Waals surface area contributed by atoms with Crippen LogP contribution in [-0.4, -0.2) is 22.2 Å². The van der Waals surface area contributed by atoms with Crippen LogP contribution in [0.4, 0.5) is 0 Å². The number of fused-ring (bicyclic) bond motifs is 1. The summed E-state index contributed by atoms with van der Waals surface area (Å²) < 4.78 is 2.12. The molecule has 0 aliphatic carbocycles. The van der Waals surface area contributed by atoms with Gasteiger partial charge in [0.1, 0.15) is 0 Å². The van der Waals surface area contributed by atoms with E-state index in [1.165, 1.54) is 0 Å². The van der Waals surface area contributed by atoms with Crippen molar-refractivity contribution in [3.63, 3.8) is 0 Å². The van der Waals surface area contributed by atoms with Gasteiger partial charge in [-0.3, -0.25) is 0 Å². The summed E-state index contributed by atoms with van der Waals surface area (Å²) in [6, 6.07) is 5.45. The molecule has 1 aromatic heterocycles. The largest absolute Gasteiger partial charge is 0.478 e. The number of hydrogen-bond donors (Lipinski definition) is 2. The van der Waals surface area contributed by atoms with Gasteiger partial charge < -0.3 is 15.4 Å². The topological polar surface area (TPSA) is 68.2 Å². The SMILES string of the molecule is CC(C)c1cn(CCCN)c2cccc(C(=O)O)c12. The van der Waals surface area contributed by atoms with Crippen molar-refractivity contribution in [2.75, 3.05) is 6.54 Å². The van der Waals surface area contributed by atoms with Gasteiger partial charge in [0, 0.05) is 23.6 Å². The molecule has 102 valence electrons. The van der Waals surface area contributed by atoms with E-state index in [9.17, 15) is 9.90 Å². The number of nitrogens with zero attached hydrogens (tertiary/aromatic N) is 1. The normalized spacial score (nSPS) is 11.4. The average molecular weight is 260 g/mol. The Hall–Kier alpha value is -1.81. The van der Waals surface area contributed by atoms with Gasteiger partial charge in [-0.1, -0.05) is 19.9 Å². The highest BCUT2D eigenvalue weighted by Gasteiger charge is 2.17. The predicted molar refractivity (Wildman–Crippen MR) is 76.7 cm³/mol. The lowest BCUT2D eigenvalue weighted by Crippen LogP contribution is -2.05. The summed E-state index contributed by atoms with van der Waals surface area (Å²) in [5, 5.41) is 10.2. The maximum absolute atomic E-state index is 11.4. The minimum atomic E-state index is -0.871. The lowest BCUT2D eigenvalue weighted by molar-refractivity contribution is 0.0699. The van der Waals surface area contributed by atoms with E-state index in [2.05, 4.69) is 24.6 Å². The number of carboxylic acid groups (broad SMARTS) is 1. The van der Waals surface area contributed by atoms with Crippen LogP contribution in [0.1, 0.15) is 42.1 Å². The summed E-state index contributed by atoms with van der Waals surface area (Å²) in [4.78, 5) is 11.4. The molecule has 0 atom stereocenters. The van der Waals surface area contributed by atoms with Crippen LogP contribution >= 0.6 is 0 Å². The number of aryl methyl sites for hydroxylation is 1. The number of hydrogen-bond acceptors (Lipinski definition) is 2. The van der Waals surface area contributed by atoms with Crippen LogP contribution in [0.3, 0.4) is 0 Å². The van der Waals surface area contributed by atoms with E-state index < -0.39 is 5.97 Å². The van der Waals surface area contributed by atoms with Gasteiger partial charge in [0.15, 0.2) is 0 Å². The number of aromatic carboxylic acids is 1. The molecule has 0 bridgehead atoms. The van der Waals surface area contributed by atoms with Crippen molar-refractivity contribution >= 4 is 16.9 Å². The fourth-order valence-electron chi connectivity index (χ4n) is 2.45. The summed E-state index contributed by atoms with van der Waals surface area (Å²) in [7, 11) is 0. The van der Waals surface area contributed by atoms with Crippen molar-refractivity contribution in [1.29, 1.82) is 0 Å². The summed E-state index contributed by atoms with van der Waals surface area (Å²) in [6.45, 7) is 5.62. The van der Waals surface area contributed by atoms with Gasteiger partial charge in [0.2, 0.25) is 0 Å². The molecule has 1 aromatic carbocycles. The summed E-state index contributed by atoms with van der Waals surface area (Å²) >= 11 is 0. The fraction of sp³-hybridized carbons (Fsp3) is 0.400. The van der Waals surface area contributed by atoms with Crippen LogP contribution in [0, 0.1) is 0 Å². The van der Waals surface area contributed by atoms with Gasteiger partial charge >= 0.3 is 5.97 Å². The Bertz CT molecular complexity index is 599. The third-order valence-corrected chi connectivity index (χ3v) is 3.39. The standard InChI is InChI=1S/C15H20N2O2/c1-10(2)12-9-17(8-4-7-16)13-6-3-5-11(14(12)13)15(18)19/h3,5-6,9-10H,4,7-8,16H2,1-2H3,(H,18,19). The van der Waals surface area contributed by atoms with Crippen molar-refractivity contribution in [2.24, 2.45) is 5.73 Å². The third kappa shape index (κ3) is 2.49. The number of nitrogens with two attached hydrogens (primary N) is 1. The Morgan fingerprint density at radius 3 is 2.74 bits per heavy atom. The minimum Gasteiger partial charge on any atom is -0.478 e. The molecular formula is C15H20N2O2. The highest BCUT2D eigenvalue weighted by atomic mass is 16.4.